The van der Waals surface area contributed by atoms with Crippen molar-refractivity contribution >= 4 is 35.5 Å². The highest BCUT2D eigenvalue weighted by Crippen LogP contribution is 2.17. The zero-order valence-corrected chi connectivity index (χ0v) is 31.6. The predicted octanol–water partition coefficient (Wildman–Crippen LogP) is 2.18. The molecule has 14 nitrogen and oxygen atoms in total. The van der Waals surface area contributed by atoms with E-state index in [0.717, 1.165) is 0 Å². The molecule has 7 atom stereocenters. The van der Waals surface area contributed by atoms with Gasteiger partial charge in [-0.15, -0.1) is 0 Å². The minimum Gasteiger partial charge on any atom is -0.481 e. The highest BCUT2D eigenvalue weighted by molar-refractivity contribution is 5.93. The van der Waals surface area contributed by atoms with E-state index in [-0.39, 0.29) is 36.0 Å². The molecular weight excluding hydrogens is 658 g/mol. The third-order valence-corrected chi connectivity index (χ3v) is 8.12. The van der Waals surface area contributed by atoms with Crippen molar-refractivity contribution in [3.8, 4) is 0 Å². The highest BCUT2D eigenvalue weighted by Gasteiger charge is 2.33. The highest BCUT2D eigenvalue weighted by atomic mass is 16.4. The van der Waals surface area contributed by atoms with E-state index >= 15 is 0 Å². The third-order valence-electron chi connectivity index (χ3n) is 8.12. The Balaban J connectivity index is 3.04. The van der Waals surface area contributed by atoms with Crippen LogP contribution in [-0.2, 0) is 28.8 Å². The van der Waals surface area contributed by atoms with Gasteiger partial charge >= 0.3 is 5.97 Å². The quantitative estimate of drug-likeness (QED) is 0.0879. The molecule has 1 rings (SSSR count). The van der Waals surface area contributed by atoms with Crippen molar-refractivity contribution in [1.82, 2.24) is 26.6 Å². The first-order valence-corrected chi connectivity index (χ1v) is 17.8. The van der Waals surface area contributed by atoms with Gasteiger partial charge in [0.05, 0.1) is 37.1 Å². The monoisotopic (exact) mass is 719 g/mol. The maximum absolute atomic E-state index is 13.7. The van der Waals surface area contributed by atoms with E-state index in [1.165, 1.54) is 6.92 Å². The molecule has 0 saturated carbocycles. The number of aliphatic hydroxyl groups excluding tert-OH is 2. The van der Waals surface area contributed by atoms with Gasteiger partial charge in [-0.3, -0.25) is 28.8 Å². The fraction of sp³-hybridized carbons (Fsp3) is 0.676. The summed E-state index contributed by atoms with van der Waals surface area (Å²) in [6.07, 6.45) is -2.87. The average Bonchev–Trinajstić information content (AvgIpc) is 3.00. The first-order chi connectivity index (χ1) is 23.7. The summed E-state index contributed by atoms with van der Waals surface area (Å²) in [5, 5.41) is 44.0. The van der Waals surface area contributed by atoms with Crippen LogP contribution >= 0.6 is 0 Å². The van der Waals surface area contributed by atoms with Crippen LogP contribution in [0.4, 0.5) is 0 Å². The van der Waals surface area contributed by atoms with E-state index in [2.05, 4.69) is 26.6 Å². The van der Waals surface area contributed by atoms with Crippen LogP contribution in [0.3, 0.4) is 0 Å². The molecular formula is C37H61N5O9. The second-order valence-electron chi connectivity index (χ2n) is 15.0. The maximum atomic E-state index is 13.7. The molecule has 0 aromatic heterocycles. The number of amides is 5. The Morgan fingerprint density at radius 3 is 1.53 bits per heavy atom. The van der Waals surface area contributed by atoms with E-state index < -0.39 is 84.9 Å². The van der Waals surface area contributed by atoms with Crippen molar-refractivity contribution in [2.24, 2.45) is 23.7 Å². The second kappa shape index (κ2) is 22.0. The first-order valence-electron chi connectivity index (χ1n) is 17.8. The average molecular weight is 720 g/mol. The second-order valence-corrected chi connectivity index (χ2v) is 15.0. The summed E-state index contributed by atoms with van der Waals surface area (Å²) in [6, 6.07) is 3.79. The number of carboxylic acids is 1. The van der Waals surface area contributed by atoms with Crippen LogP contribution in [0.25, 0.3) is 0 Å². The van der Waals surface area contributed by atoms with Crippen molar-refractivity contribution in [3.63, 3.8) is 0 Å². The summed E-state index contributed by atoms with van der Waals surface area (Å²) in [6.45, 7) is 16.2. The summed E-state index contributed by atoms with van der Waals surface area (Å²) in [5.41, 5.74) is 0.545. The van der Waals surface area contributed by atoms with Crippen LogP contribution in [0.2, 0.25) is 0 Å². The Hall–Kier alpha value is -4.04. The van der Waals surface area contributed by atoms with Gasteiger partial charge in [-0.1, -0.05) is 85.7 Å². The molecule has 0 aliphatic rings. The first kappa shape index (κ1) is 45.0. The fourth-order valence-corrected chi connectivity index (χ4v) is 5.55. The van der Waals surface area contributed by atoms with E-state index in [1.807, 2.05) is 41.5 Å². The van der Waals surface area contributed by atoms with Gasteiger partial charge in [0, 0.05) is 6.42 Å². The van der Waals surface area contributed by atoms with E-state index in [4.69, 9.17) is 5.11 Å². The molecule has 0 unspecified atom stereocenters. The predicted molar refractivity (Wildman–Crippen MR) is 193 cm³/mol. The van der Waals surface area contributed by atoms with Crippen LogP contribution in [0.15, 0.2) is 30.3 Å². The molecule has 5 amide bonds. The molecule has 0 bridgehead atoms. The lowest BCUT2D eigenvalue weighted by molar-refractivity contribution is -0.140. The number of carbonyl (C=O) groups excluding carboxylic acids is 5. The number of aliphatic carboxylic acids is 1. The smallest absolute Gasteiger partial charge is 0.306 e. The molecule has 14 heteroatoms. The number of carbonyl (C=O) groups is 6. The third kappa shape index (κ3) is 17.2. The molecule has 0 radical (unpaired) electrons. The van der Waals surface area contributed by atoms with Crippen molar-refractivity contribution in [2.45, 2.75) is 137 Å². The summed E-state index contributed by atoms with van der Waals surface area (Å²) in [5.74, 6) is -4.26. The molecule has 1 aromatic rings. The topological polar surface area (TPSA) is 223 Å². The van der Waals surface area contributed by atoms with Crippen molar-refractivity contribution in [2.75, 3.05) is 0 Å². The molecule has 0 spiro atoms. The van der Waals surface area contributed by atoms with Crippen LogP contribution in [-0.4, -0.2) is 87.2 Å². The SMILES string of the molecule is CC(C)CC(=O)N[C@H](C(=O)N[C@H](C(=O)N[C@H](CC(C)C)[C@@H](O)CC(=O)N[C@@H](C)C(=O)N[C@@H](CC(C)C)[C@H](O)CC(=O)O)C(C)C)c1ccccc1. The minimum absolute atomic E-state index is 0.00134. The zero-order valence-electron chi connectivity index (χ0n) is 31.6. The van der Waals surface area contributed by atoms with Crippen LogP contribution in [0, 0.1) is 23.7 Å². The lowest BCUT2D eigenvalue weighted by Gasteiger charge is -2.30. The molecule has 0 saturated heterocycles. The Labute approximate surface area is 302 Å². The molecule has 51 heavy (non-hydrogen) atoms. The summed E-state index contributed by atoms with van der Waals surface area (Å²) >= 11 is 0. The van der Waals surface area contributed by atoms with Gasteiger partial charge in [0.2, 0.25) is 29.5 Å². The van der Waals surface area contributed by atoms with E-state index in [0.29, 0.717) is 18.4 Å². The number of carboxylic acid groups (broad SMARTS) is 1. The molecule has 0 fully saturated rings. The van der Waals surface area contributed by atoms with Crippen molar-refractivity contribution in [1.29, 1.82) is 0 Å². The lowest BCUT2D eigenvalue weighted by Crippen LogP contribution is -2.57. The fourth-order valence-electron chi connectivity index (χ4n) is 5.55. The number of benzene rings is 1. The molecule has 1 aromatic carbocycles. The van der Waals surface area contributed by atoms with Crippen LogP contribution in [0.1, 0.15) is 106 Å². The zero-order chi connectivity index (χ0) is 39.0. The standard InChI is InChI=1S/C37H61N5O9/c1-20(2)15-26(28(43)18-31(46)38-24(9)35(49)39-27(16-21(3)4)29(44)19-32(47)48)40-36(50)33(23(7)8)42-37(51)34(25-13-11-10-12-14-25)41-30(45)17-22(5)6/h10-14,20-24,26-29,33-34,43-44H,15-19H2,1-9H3,(H,38,46)(H,39,49)(H,40,50)(H,41,45)(H,42,51)(H,47,48)/t24-,26+,27-,28-,29+,33-,34-/m0/s1. The van der Waals surface area contributed by atoms with Gasteiger partial charge in [-0.25, -0.2) is 0 Å². The molecule has 288 valence electrons. The normalized spacial score (nSPS) is 15.7. The van der Waals surface area contributed by atoms with Gasteiger partial charge in [-0.05, 0) is 49.0 Å². The Kier molecular flexibility index (Phi) is 19.4. The van der Waals surface area contributed by atoms with Crippen molar-refractivity contribution < 1.29 is 44.1 Å². The molecule has 8 N–H and O–H groups in total. The summed E-state index contributed by atoms with van der Waals surface area (Å²) < 4.78 is 0. The molecule has 0 aliphatic heterocycles. The Morgan fingerprint density at radius 2 is 1.06 bits per heavy atom. The van der Waals surface area contributed by atoms with Gasteiger partial charge < -0.3 is 41.9 Å². The van der Waals surface area contributed by atoms with Gasteiger partial charge in [0.1, 0.15) is 18.1 Å². The Bertz CT molecular complexity index is 1290. The van der Waals surface area contributed by atoms with Gasteiger partial charge in [0.25, 0.3) is 0 Å². The van der Waals surface area contributed by atoms with Crippen LogP contribution in [0.5, 0.6) is 0 Å². The van der Waals surface area contributed by atoms with Crippen LogP contribution < -0.4 is 26.6 Å². The molecule has 0 aliphatic carbocycles. The summed E-state index contributed by atoms with van der Waals surface area (Å²) in [7, 11) is 0. The summed E-state index contributed by atoms with van der Waals surface area (Å²) in [4.78, 5) is 76.9. The number of rotatable bonds is 22. The lowest BCUT2D eigenvalue weighted by atomic mass is 9.95. The maximum Gasteiger partial charge on any atom is 0.306 e. The number of hydrogen-bond donors (Lipinski definition) is 8. The Morgan fingerprint density at radius 1 is 0.569 bits per heavy atom. The van der Waals surface area contributed by atoms with E-state index in [1.54, 1.807) is 44.2 Å². The van der Waals surface area contributed by atoms with E-state index in [9.17, 15) is 39.0 Å². The largest absolute Gasteiger partial charge is 0.481 e. The number of hydrogen-bond acceptors (Lipinski definition) is 8. The minimum atomic E-state index is -1.35. The number of nitrogens with one attached hydrogen (secondary N) is 5. The van der Waals surface area contributed by atoms with Gasteiger partial charge in [-0.2, -0.15) is 0 Å². The number of aliphatic hydroxyl groups is 2. The van der Waals surface area contributed by atoms with Crippen molar-refractivity contribution in [3.05, 3.63) is 35.9 Å². The van der Waals surface area contributed by atoms with Gasteiger partial charge in [0.15, 0.2) is 0 Å². The molecule has 0 heterocycles.